The molecule has 0 radical (unpaired) electrons. The lowest BCUT2D eigenvalue weighted by Crippen LogP contribution is -2.33. The van der Waals surface area contributed by atoms with Gasteiger partial charge in [0.25, 0.3) is 0 Å². The van der Waals surface area contributed by atoms with Gasteiger partial charge in [-0.25, -0.2) is 0 Å². The van der Waals surface area contributed by atoms with Crippen molar-refractivity contribution in [2.45, 2.75) is 25.2 Å². The lowest BCUT2D eigenvalue weighted by molar-refractivity contribution is 0.127. The van der Waals surface area contributed by atoms with E-state index >= 15 is 0 Å². The molecule has 0 aromatic heterocycles. The molecule has 1 aromatic rings. The number of nitriles is 1. The Morgan fingerprint density at radius 2 is 2.11 bits per heavy atom. The van der Waals surface area contributed by atoms with Crippen LogP contribution in [0.15, 0.2) is 24.3 Å². The van der Waals surface area contributed by atoms with Crippen molar-refractivity contribution in [3.05, 3.63) is 35.4 Å². The molecular weight excluding hydrogens is 234 g/mol. The van der Waals surface area contributed by atoms with E-state index in [0.29, 0.717) is 17.8 Å². The maximum atomic E-state index is 9.94. The van der Waals surface area contributed by atoms with Crippen LogP contribution in [0.3, 0.4) is 0 Å². The van der Waals surface area contributed by atoms with Gasteiger partial charge in [-0.2, -0.15) is 5.26 Å². The Balaban J connectivity index is 1.87. The van der Waals surface area contributed by atoms with Crippen molar-refractivity contribution in [3.63, 3.8) is 0 Å². The Labute approximate surface area is 113 Å². The third-order valence-corrected chi connectivity index (χ3v) is 6.85. The maximum absolute atomic E-state index is 9.94. The van der Waals surface area contributed by atoms with E-state index in [9.17, 15) is 5.26 Å². The van der Waals surface area contributed by atoms with E-state index in [-0.39, 0.29) is 16.2 Å². The van der Waals surface area contributed by atoms with Gasteiger partial charge in [0.1, 0.15) is 0 Å². The first-order valence-electron chi connectivity index (χ1n) is 7.21. The lowest BCUT2D eigenvalue weighted by Gasteiger charge is -2.34. The van der Waals surface area contributed by atoms with Gasteiger partial charge in [-0.15, -0.1) is 0 Å². The molecular formula is C17H17NO. The summed E-state index contributed by atoms with van der Waals surface area (Å²) in [6.45, 7) is 6.41. The average Bonchev–Trinajstić information content (AvgIpc) is 2.74. The average molecular weight is 251 g/mol. The highest BCUT2D eigenvalue weighted by Crippen LogP contribution is 2.91. The molecule has 2 nitrogen and oxygen atoms in total. The van der Waals surface area contributed by atoms with Crippen LogP contribution in [0.5, 0.6) is 0 Å². The van der Waals surface area contributed by atoms with Crippen LogP contribution >= 0.6 is 0 Å². The summed E-state index contributed by atoms with van der Waals surface area (Å²) >= 11 is 0. The number of rotatable bonds is 0. The summed E-state index contributed by atoms with van der Waals surface area (Å²) in [5, 5.41) is 9.94. The van der Waals surface area contributed by atoms with Crippen LogP contribution in [-0.4, -0.2) is 13.2 Å². The number of ether oxygens (including phenoxy) is 1. The van der Waals surface area contributed by atoms with E-state index in [2.05, 4.69) is 44.2 Å². The largest absolute Gasteiger partial charge is 0.380 e. The van der Waals surface area contributed by atoms with Crippen molar-refractivity contribution >= 4 is 0 Å². The van der Waals surface area contributed by atoms with Gasteiger partial charge in [0.05, 0.1) is 24.7 Å². The normalized spacial score (nSPS) is 50.3. The molecule has 1 saturated heterocycles. The van der Waals surface area contributed by atoms with Crippen LogP contribution in [0.25, 0.3) is 0 Å². The Morgan fingerprint density at radius 3 is 2.89 bits per heavy atom. The SMILES string of the molecule is CC1(C)[C@H]2COCC23[C@H]2[C@@H]1c1ccccc1[C@@]23C#N. The number of nitrogens with zero attached hydrogens (tertiary/aromatic N) is 1. The molecule has 1 spiro atoms. The maximum Gasteiger partial charge on any atom is 0.0951 e. The van der Waals surface area contributed by atoms with Gasteiger partial charge in [0.15, 0.2) is 0 Å². The smallest absolute Gasteiger partial charge is 0.0951 e. The number of fused-ring (bicyclic) bond motifs is 3. The molecule has 2 saturated carbocycles. The van der Waals surface area contributed by atoms with Crippen LogP contribution < -0.4 is 0 Å². The second-order valence-electron chi connectivity index (χ2n) is 7.39. The molecule has 3 fully saturated rings. The summed E-state index contributed by atoms with van der Waals surface area (Å²) < 4.78 is 5.84. The molecule has 19 heavy (non-hydrogen) atoms. The van der Waals surface area contributed by atoms with Crippen molar-refractivity contribution in [3.8, 4) is 6.07 Å². The van der Waals surface area contributed by atoms with Crippen LogP contribution in [0, 0.1) is 34.0 Å². The second-order valence-corrected chi connectivity index (χ2v) is 7.39. The number of benzene rings is 1. The first kappa shape index (κ1) is 10.5. The van der Waals surface area contributed by atoms with Crippen molar-refractivity contribution < 1.29 is 4.74 Å². The fourth-order valence-electron chi connectivity index (χ4n) is 6.31. The highest BCUT2D eigenvalue weighted by Gasteiger charge is 2.93. The molecule has 0 bridgehead atoms. The molecule has 1 heterocycles. The summed E-state index contributed by atoms with van der Waals surface area (Å²) in [6.07, 6.45) is 0. The predicted octanol–water partition coefficient (Wildman–Crippen LogP) is 2.85. The highest BCUT2D eigenvalue weighted by molar-refractivity contribution is 5.65. The van der Waals surface area contributed by atoms with Crippen molar-refractivity contribution in [1.29, 1.82) is 5.26 Å². The minimum absolute atomic E-state index is 0.129. The minimum Gasteiger partial charge on any atom is -0.380 e. The molecule has 4 aliphatic rings. The van der Waals surface area contributed by atoms with Crippen LogP contribution in [0.2, 0.25) is 0 Å². The summed E-state index contributed by atoms with van der Waals surface area (Å²) in [6, 6.07) is 11.4. The molecule has 96 valence electrons. The van der Waals surface area contributed by atoms with Gasteiger partial charge in [-0.1, -0.05) is 38.1 Å². The van der Waals surface area contributed by atoms with Gasteiger partial charge in [0.2, 0.25) is 0 Å². The number of hydrogen-bond donors (Lipinski definition) is 0. The second kappa shape index (κ2) is 2.60. The topological polar surface area (TPSA) is 33.0 Å². The van der Waals surface area contributed by atoms with Crippen LogP contribution in [0.4, 0.5) is 0 Å². The predicted molar refractivity (Wildman–Crippen MR) is 70.5 cm³/mol. The fraction of sp³-hybridized carbons (Fsp3) is 0.588. The first-order valence-corrected chi connectivity index (χ1v) is 7.21. The van der Waals surface area contributed by atoms with E-state index in [0.717, 1.165) is 13.2 Å². The van der Waals surface area contributed by atoms with E-state index in [1.165, 1.54) is 11.1 Å². The Bertz CT molecular complexity index is 657. The van der Waals surface area contributed by atoms with Gasteiger partial charge < -0.3 is 4.74 Å². The Morgan fingerprint density at radius 1 is 1.32 bits per heavy atom. The zero-order valence-electron chi connectivity index (χ0n) is 11.3. The van der Waals surface area contributed by atoms with E-state index in [1.54, 1.807) is 0 Å². The third kappa shape index (κ3) is 0.718. The van der Waals surface area contributed by atoms with Crippen molar-refractivity contribution in [2.75, 3.05) is 13.2 Å². The molecule has 0 N–H and O–H groups in total. The van der Waals surface area contributed by atoms with Gasteiger partial charge in [-0.3, -0.25) is 0 Å². The highest BCUT2D eigenvalue weighted by atomic mass is 16.5. The molecule has 0 amide bonds. The Hall–Kier alpha value is -1.33. The summed E-state index contributed by atoms with van der Waals surface area (Å²) in [5.74, 6) is 1.60. The van der Waals surface area contributed by atoms with Gasteiger partial charge in [-0.05, 0) is 34.3 Å². The minimum atomic E-state index is -0.231. The first-order chi connectivity index (χ1) is 9.12. The molecule has 5 rings (SSSR count). The number of hydrogen-bond acceptors (Lipinski definition) is 2. The molecule has 3 aliphatic carbocycles. The molecule has 2 heteroatoms. The zero-order valence-corrected chi connectivity index (χ0v) is 11.3. The van der Waals surface area contributed by atoms with Crippen molar-refractivity contribution in [1.82, 2.24) is 0 Å². The van der Waals surface area contributed by atoms with E-state index < -0.39 is 0 Å². The van der Waals surface area contributed by atoms with E-state index in [4.69, 9.17) is 4.74 Å². The lowest BCUT2D eigenvalue weighted by atomic mass is 9.68. The molecule has 1 aromatic carbocycles. The Kier molecular flexibility index (Phi) is 1.43. The zero-order chi connectivity index (χ0) is 13.0. The third-order valence-electron chi connectivity index (χ3n) is 6.85. The van der Waals surface area contributed by atoms with Crippen LogP contribution in [0.1, 0.15) is 30.9 Å². The van der Waals surface area contributed by atoms with Gasteiger partial charge >= 0.3 is 0 Å². The van der Waals surface area contributed by atoms with Crippen molar-refractivity contribution in [2.24, 2.45) is 22.7 Å². The summed E-state index contributed by atoms with van der Waals surface area (Å²) in [5.41, 5.74) is 2.91. The monoisotopic (exact) mass is 251 g/mol. The standard InChI is InChI=1S/C17H17NO/c1-15(2)12-7-19-9-17(12)14-13(15)10-5-3-4-6-11(10)16(14,17)8-18/h3-6,12-14H,7,9H2,1-2H3/t12-,13+,14+,16+,17?/m1/s1. The molecule has 1 aliphatic heterocycles. The molecule has 5 atom stereocenters. The molecule has 1 unspecified atom stereocenters. The fourth-order valence-corrected chi connectivity index (χ4v) is 6.31. The quantitative estimate of drug-likeness (QED) is 0.710. The summed E-state index contributed by atoms with van der Waals surface area (Å²) in [4.78, 5) is 0. The van der Waals surface area contributed by atoms with Crippen LogP contribution in [-0.2, 0) is 10.2 Å². The summed E-state index contributed by atoms with van der Waals surface area (Å²) in [7, 11) is 0. The van der Waals surface area contributed by atoms with E-state index in [1.807, 2.05) is 0 Å². The van der Waals surface area contributed by atoms with Gasteiger partial charge in [0, 0.05) is 5.41 Å².